The van der Waals surface area contributed by atoms with Crippen molar-refractivity contribution in [1.82, 2.24) is 0 Å². The second-order valence-corrected chi connectivity index (χ2v) is 5.86. The average Bonchev–Trinajstić information content (AvgIpc) is 2.47. The molecule has 1 heterocycles. The van der Waals surface area contributed by atoms with Crippen molar-refractivity contribution in [3.8, 4) is 0 Å². The number of carbonyl (C=O) groups is 1. The van der Waals surface area contributed by atoms with Gasteiger partial charge in [0.15, 0.2) is 6.20 Å². The van der Waals surface area contributed by atoms with Crippen molar-refractivity contribution in [2.45, 2.75) is 32.1 Å². The molecule has 0 saturated heterocycles. The van der Waals surface area contributed by atoms with E-state index in [4.69, 9.17) is 0 Å². The van der Waals surface area contributed by atoms with Gasteiger partial charge >= 0.3 is 0 Å². The highest BCUT2D eigenvalue weighted by Crippen LogP contribution is 2.15. The number of aromatic nitrogens is 1. The second-order valence-electron chi connectivity index (χ2n) is 5.36. The summed E-state index contributed by atoms with van der Waals surface area (Å²) in [5.74, 6) is 1.14. The third-order valence-electron chi connectivity index (χ3n) is 3.57. The maximum absolute atomic E-state index is 12.0. The van der Waals surface area contributed by atoms with Crippen molar-refractivity contribution in [2.75, 3.05) is 11.1 Å². The minimum absolute atomic E-state index is 0.101. The zero-order valence-electron chi connectivity index (χ0n) is 12.6. The van der Waals surface area contributed by atoms with Crippen LogP contribution in [0.4, 0.5) is 5.69 Å². The van der Waals surface area contributed by atoms with Crippen LogP contribution >= 0.6 is 0 Å². The summed E-state index contributed by atoms with van der Waals surface area (Å²) in [6, 6.07) is 10.2. The lowest BCUT2D eigenvalue weighted by atomic mass is 10.1. The van der Waals surface area contributed by atoms with Crippen molar-refractivity contribution >= 4 is 35.1 Å². The predicted octanol–water partition coefficient (Wildman–Crippen LogP) is 2.56. The number of nitrogens with one attached hydrogen (secondary N) is 1. The molecule has 0 spiro atoms. The molecule has 0 atom stereocenters. The topological polar surface area (TPSA) is 33.0 Å². The van der Waals surface area contributed by atoms with Crippen LogP contribution in [0.15, 0.2) is 36.5 Å². The van der Waals surface area contributed by atoms with Crippen molar-refractivity contribution in [2.24, 2.45) is 7.05 Å². The van der Waals surface area contributed by atoms with E-state index < -0.39 is 0 Å². The Balaban J connectivity index is 1.92. The van der Waals surface area contributed by atoms with E-state index >= 15 is 0 Å². The second kappa shape index (κ2) is 8.03. The number of hydrogen-bond acceptors (Lipinski definition) is 1. The van der Waals surface area contributed by atoms with Crippen molar-refractivity contribution < 1.29 is 9.36 Å². The van der Waals surface area contributed by atoms with Gasteiger partial charge in [-0.1, -0.05) is 18.6 Å². The van der Waals surface area contributed by atoms with Crippen molar-refractivity contribution in [1.29, 1.82) is 0 Å². The van der Waals surface area contributed by atoms with E-state index in [1.54, 1.807) is 0 Å². The summed E-state index contributed by atoms with van der Waals surface area (Å²) in [6.45, 7) is 0. The first kappa shape index (κ1) is 15.8. The number of anilines is 1. The average molecular weight is 304 g/mol. The van der Waals surface area contributed by atoms with E-state index in [0.29, 0.717) is 6.42 Å². The lowest BCUT2D eigenvalue weighted by molar-refractivity contribution is -0.644. The molecule has 0 aliphatic rings. The number of nitrogens with zero attached hydrogens (tertiary/aromatic N) is 1. The van der Waals surface area contributed by atoms with Crippen molar-refractivity contribution in [3.63, 3.8) is 0 Å². The smallest absolute Gasteiger partial charge is 0.224 e. The summed E-state index contributed by atoms with van der Waals surface area (Å²) in [7, 11) is 2.00. The molecule has 0 unspecified atom stereocenters. The van der Waals surface area contributed by atoms with Gasteiger partial charge in [0.2, 0.25) is 11.4 Å². The molecular weight excluding hydrogens is 280 g/mol. The summed E-state index contributed by atoms with van der Waals surface area (Å²) in [5, 5.41) is 4.13. The molecule has 2 aromatic rings. The zero-order valence-corrected chi connectivity index (χ0v) is 13.6. The number of aryl methyl sites for hydroxylation is 1. The molecule has 0 bridgehead atoms. The van der Waals surface area contributed by atoms with E-state index in [1.165, 1.54) is 12.8 Å². The van der Waals surface area contributed by atoms with Crippen LogP contribution < -0.4 is 9.88 Å². The van der Waals surface area contributed by atoms with Gasteiger partial charge in [-0.15, -0.1) is 0 Å². The van der Waals surface area contributed by atoms with E-state index in [0.717, 1.165) is 35.2 Å². The normalized spacial score (nSPS) is 10.8. The Bertz CT molecular complexity index is 613. The van der Waals surface area contributed by atoms with Crippen LogP contribution in [0.5, 0.6) is 0 Å². The Morgan fingerprint density at radius 3 is 2.76 bits per heavy atom. The van der Waals surface area contributed by atoms with Crippen LogP contribution in [0.25, 0.3) is 10.9 Å². The number of fused-ring (bicyclic) bond motifs is 1. The third-order valence-corrected chi connectivity index (χ3v) is 3.93. The summed E-state index contributed by atoms with van der Waals surface area (Å²) in [6.07, 6.45) is 6.99. The molecule has 1 N–H and O–H groups in total. The number of benzene rings is 1. The number of hydrogen-bond donors (Lipinski definition) is 1. The first-order chi connectivity index (χ1) is 10.2. The van der Waals surface area contributed by atoms with Gasteiger partial charge in [-0.05, 0) is 44.0 Å². The van der Waals surface area contributed by atoms with Gasteiger partial charge in [-0.2, -0.15) is 4.57 Å². The highest BCUT2D eigenvalue weighted by atomic mass is 32.1. The first-order valence-corrected chi connectivity index (χ1v) is 8.24. The summed E-state index contributed by atoms with van der Waals surface area (Å²) in [5.41, 5.74) is 2.02. The Kier molecular flexibility index (Phi) is 6.05. The van der Waals surface area contributed by atoms with Gasteiger partial charge in [-0.25, -0.2) is 0 Å². The molecule has 0 aliphatic heterocycles. The van der Waals surface area contributed by atoms with Gasteiger partial charge < -0.3 is 5.32 Å². The quantitative estimate of drug-likeness (QED) is 0.476. The molecule has 0 radical (unpaired) electrons. The Morgan fingerprint density at radius 1 is 1.19 bits per heavy atom. The lowest BCUT2D eigenvalue weighted by Crippen LogP contribution is -2.29. The monoisotopic (exact) mass is 304 g/mol. The first-order valence-electron chi connectivity index (χ1n) is 7.53. The molecule has 2 rings (SSSR count). The van der Waals surface area contributed by atoms with Crippen molar-refractivity contribution in [3.05, 3.63) is 36.5 Å². The number of para-hydroxylation sites is 1. The standard InChI is InChI=1S/C17H22N2OS/c1-19-13-15(12-14-8-5-6-9-16(14)19)18-17(20)10-4-2-3-7-11-21/h5-6,8-9,12-13H,2-4,7,10-11H2,1H3,(H-,18,20,21)/p+2. The maximum Gasteiger partial charge on any atom is 0.224 e. The Labute approximate surface area is 131 Å². The zero-order chi connectivity index (χ0) is 15.1. The Hall–Kier alpha value is -1.55. The fourth-order valence-electron chi connectivity index (χ4n) is 2.47. The van der Waals surface area contributed by atoms with Gasteiger partial charge in [0.25, 0.3) is 0 Å². The van der Waals surface area contributed by atoms with E-state index in [1.807, 2.05) is 36.0 Å². The van der Waals surface area contributed by atoms with E-state index in [2.05, 4.69) is 30.1 Å². The Morgan fingerprint density at radius 2 is 1.95 bits per heavy atom. The summed E-state index contributed by atoms with van der Waals surface area (Å²) >= 11 is 3.46. The molecule has 0 fully saturated rings. The molecule has 0 aliphatic carbocycles. The summed E-state index contributed by atoms with van der Waals surface area (Å²) < 4.78 is 2.04. The lowest BCUT2D eigenvalue weighted by Gasteiger charge is -2.05. The minimum Gasteiger partial charge on any atom is -0.321 e. The molecule has 112 valence electrons. The largest absolute Gasteiger partial charge is 0.321 e. The highest BCUT2D eigenvalue weighted by molar-refractivity contribution is 7.58. The van der Waals surface area contributed by atoms with Crippen LogP contribution in [0.2, 0.25) is 0 Å². The number of rotatable bonds is 7. The third kappa shape index (κ3) is 4.74. The predicted molar refractivity (Wildman–Crippen MR) is 91.9 cm³/mol. The molecule has 3 nitrogen and oxygen atoms in total. The molecule has 1 aromatic heterocycles. The SMILES string of the molecule is C[n+]1cc(NC(=O)CCCCCC[SH2+])cc2ccccc21. The summed E-state index contributed by atoms with van der Waals surface area (Å²) in [4.78, 5) is 12.0. The number of pyridine rings is 1. The number of amides is 1. The van der Waals surface area contributed by atoms with Gasteiger partial charge in [0, 0.05) is 17.9 Å². The van der Waals surface area contributed by atoms with Crippen LogP contribution in [-0.4, -0.2) is 11.7 Å². The van der Waals surface area contributed by atoms with Gasteiger partial charge in [0.1, 0.15) is 18.5 Å². The number of unbranched alkanes of at least 4 members (excludes halogenated alkanes) is 3. The fourth-order valence-corrected chi connectivity index (χ4v) is 2.72. The molecule has 1 amide bonds. The van der Waals surface area contributed by atoms with Gasteiger partial charge in [-0.3, -0.25) is 4.79 Å². The van der Waals surface area contributed by atoms with Crippen LogP contribution in [-0.2, 0) is 24.5 Å². The molecule has 1 aromatic carbocycles. The fraction of sp³-hybridized carbons (Fsp3) is 0.412. The van der Waals surface area contributed by atoms with Gasteiger partial charge in [0.05, 0.1) is 0 Å². The maximum atomic E-state index is 12.0. The molecule has 4 heteroatoms. The van der Waals surface area contributed by atoms with E-state index in [-0.39, 0.29) is 5.91 Å². The number of carbonyl (C=O) groups excluding carboxylic acids is 1. The van der Waals surface area contributed by atoms with E-state index in [9.17, 15) is 4.79 Å². The minimum atomic E-state index is 0.101. The molecule has 0 saturated carbocycles. The molecule has 21 heavy (non-hydrogen) atoms. The van der Waals surface area contributed by atoms with Crippen LogP contribution in [0.1, 0.15) is 32.1 Å². The highest BCUT2D eigenvalue weighted by Gasteiger charge is 2.09. The molecular formula is C17H24N2OS+2. The van der Waals surface area contributed by atoms with Crippen LogP contribution in [0.3, 0.4) is 0 Å². The van der Waals surface area contributed by atoms with Crippen LogP contribution in [0, 0.1) is 0 Å².